The van der Waals surface area contributed by atoms with Gasteiger partial charge in [0.2, 0.25) is 0 Å². The van der Waals surface area contributed by atoms with Crippen molar-refractivity contribution in [3.63, 3.8) is 0 Å². The molecular formula is C15H22O. The third-order valence-corrected chi connectivity index (χ3v) is 3.95. The summed E-state index contributed by atoms with van der Waals surface area (Å²) in [6, 6.07) is 8.76. The molecule has 1 saturated carbocycles. The second-order valence-electron chi connectivity index (χ2n) is 5.38. The first-order valence-electron chi connectivity index (χ1n) is 6.41. The van der Waals surface area contributed by atoms with Crippen molar-refractivity contribution in [3.05, 3.63) is 35.4 Å². The Morgan fingerprint density at radius 3 is 2.25 bits per heavy atom. The van der Waals surface area contributed by atoms with E-state index < -0.39 is 0 Å². The summed E-state index contributed by atoms with van der Waals surface area (Å²) in [5, 5.41) is 9.66. The van der Waals surface area contributed by atoms with Crippen LogP contribution in [0.25, 0.3) is 0 Å². The largest absolute Gasteiger partial charge is 0.396 e. The molecule has 0 unspecified atom stereocenters. The maximum atomic E-state index is 9.66. The first-order chi connectivity index (χ1) is 7.74. The number of aliphatic hydroxyl groups is 1. The van der Waals surface area contributed by atoms with Gasteiger partial charge in [-0.25, -0.2) is 0 Å². The number of benzene rings is 1. The van der Waals surface area contributed by atoms with E-state index >= 15 is 0 Å². The molecule has 1 aliphatic carbocycles. The van der Waals surface area contributed by atoms with E-state index in [1.807, 2.05) is 0 Å². The molecule has 0 bridgehead atoms. The lowest BCUT2D eigenvalue weighted by atomic mass is 9.71. The van der Waals surface area contributed by atoms with Gasteiger partial charge in [0.05, 0.1) is 0 Å². The van der Waals surface area contributed by atoms with Crippen molar-refractivity contribution in [2.45, 2.75) is 45.4 Å². The number of aryl methyl sites for hydroxylation is 1. The standard InChI is InChI=1S/C15H22O/c1-13-5-7-14(8-6-13)11-15(12-16)9-3-2-4-10-15/h5-8,16H,2-4,9-12H2,1H3. The van der Waals surface area contributed by atoms with Crippen LogP contribution in [-0.4, -0.2) is 11.7 Å². The molecule has 0 spiro atoms. The van der Waals surface area contributed by atoms with Crippen LogP contribution in [0.4, 0.5) is 0 Å². The second kappa shape index (κ2) is 5.01. The summed E-state index contributed by atoms with van der Waals surface area (Å²) < 4.78 is 0. The summed E-state index contributed by atoms with van der Waals surface area (Å²) in [6.45, 7) is 2.47. The molecule has 2 rings (SSSR count). The highest BCUT2D eigenvalue weighted by atomic mass is 16.3. The lowest BCUT2D eigenvalue weighted by Gasteiger charge is -2.35. The minimum Gasteiger partial charge on any atom is -0.396 e. The first-order valence-corrected chi connectivity index (χ1v) is 6.41. The third-order valence-electron chi connectivity index (χ3n) is 3.95. The maximum absolute atomic E-state index is 9.66. The summed E-state index contributed by atoms with van der Waals surface area (Å²) in [7, 11) is 0. The molecule has 88 valence electrons. The Kier molecular flexibility index (Phi) is 3.65. The van der Waals surface area contributed by atoms with Crippen molar-refractivity contribution < 1.29 is 5.11 Å². The number of rotatable bonds is 3. The highest BCUT2D eigenvalue weighted by Gasteiger charge is 2.31. The predicted octanol–water partition coefficient (Wildman–Crippen LogP) is 3.48. The van der Waals surface area contributed by atoms with E-state index in [1.54, 1.807) is 0 Å². The number of aliphatic hydroxyl groups excluding tert-OH is 1. The van der Waals surface area contributed by atoms with Crippen LogP contribution in [0.5, 0.6) is 0 Å². The van der Waals surface area contributed by atoms with Crippen LogP contribution in [0.1, 0.15) is 43.2 Å². The Bertz CT molecular complexity index is 320. The van der Waals surface area contributed by atoms with Crippen LogP contribution >= 0.6 is 0 Å². The second-order valence-corrected chi connectivity index (χ2v) is 5.38. The third kappa shape index (κ3) is 2.65. The Labute approximate surface area is 98.5 Å². The fourth-order valence-electron chi connectivity index (χ4n) is 2.83. The highest BCUT2D eigenvalue weighted by molar-refractivity contribution is 5.22. The molecule has 1 aromatic rings. The zero-order valence-corrected chi connectivity index (χ0v) is 10.2. The van der Waals surface area contributed by atoms with Gasteiger partial charge >= 0.3 is 0 Å². The topological polar surface area (TPSA) is 20.2 Å². The summed E-state index contributed by atoms with van der Waals surface area (Å²) in [6.07, 6.45) is 7.34. The predicted molar refractivity (Wildman–Crippen MR) is 67.5 cm³/mol. The Hall–Kier alpha value is -0.820. The summed E-state index contributed by atoms with van der Waals surface area (Å²) in [4.78, 5) is 0. The van der Waals surface area contributed by atoms with E-state index in [0.717, 1.165) is 6.42 Å². The van der Waals surface area contributed by atoms with Crippen LogP contribution in [0, 0.1) is 12.3 Å². The molecule has 0 atom stereocenters. The molecule has 1 N–H and O–H groups in total. The molecule has 0 radical (unpaired) electrons. The zero-order chi connectivity index (χ0) is 11.4. The van der Waals surface area contributed by atoms with Gasteiger partial charge in [-0.1, -0.05) is 49.1 Å². The Balaban J connectivity index is 2.08. The van der Waals surface area contributed by atoms with Gasteiger partial charge in [-0.05, 0) is 37.2 Å². The SMILES string of the molecule is Cc1ccc(CC2(CO)CCCCC2)cc1. The van der Waals surface area contributed by atoms with Crippen molar-refractivity contribution in [2.24, 2.45) is 5.41 Å². The lowest BCUT2D eigenvalue weighted by molar-refractivity contribution is 0.0823. The van der Waals surface area contributed by atoms with Crippen LogP contribution in [0.2, 0.25) is 0 Å². The Morgan fingerprint density at radius 2 is 1.69 bits per heavy atom. The van der Waals surface area contributed by atoms with Gasteiger partial charge < -0.3 is 5.11 Å². The van der Waals surface area contributed by atoms with Crippen LogP contribution in [0.3, 0.4) is 0 Å². The molecular weight excluding hydrogens is 196 g/mol. The van der Waals surface area contributed by atoms with E-state index in [0.29, 0.717) is 6.61 Å². The molecule has 1 aliphatic rings. The molecule has 1 fully saturated rings. The van der Waals surface area contributed by atoms with E-state index in [9.17, 15) is 5.11 Å². The van der Waals surface area contributed by atoms with Crippen molar-refractivity contribution in [1.82, 2.24) is 0 Å². The summed E-state index contributed by atoms with van der Waals surface area (Å²) >= 11 is 0. The maximum Gasteiger partial charge on any atom is 0.0490 e. The van der Waals surface area contributed by atoms with Gasteiger partial charge in [0.15, 0.2) is 0 Å². The Morgan fingerprint density at radius 1 is 1.06 bits per heavy atom. The average molecular weight is 218 g/mol. The first kappa shape index (κ1) is 11.7. The molecule has 1 heteroatoms. The van der Waals surface area contributed by atoms with Crippen molar-refractivity contribution >= 4 is 0 Å². The van der Waals surface area contributed by atoms with Gasteiger partial charge in [0, 0.05) is 6.61 Å². The smallest absolute Gasteiger partial charge is 0.0490 e. The van der Waals surface area contributed by atoms with Crippen molar-refractivity contribution in [1.29, 1.82) is 0 Å². The van der Waals surface area contributed by atoms with E-state index in [1.165, 1.54) is 43.2 Å². The van der Waals surface area contributed by atoms with Crippen LogP contribution in [-0.2, 0) is 6.42 Å². The molecule has 16 heavy (non-hydrogen) atoms. The lowest BCUT2D eigenvalue weighted by Crippen LogP contribution is -2.30. The van der Waals surface area contributed by atoms with Crippen molar-refractivity contribution in [3.8, 4) is 0 Å². The minimum atomic E-state index is 0.174. The molecule has 1 aromatic carbocycles. The van der Waals surface area contributed by atoms with Gasteiger partial charge in [-0.15, -0.1) is 0 Å². The van der Waals surface area contributed by atoms with Gasteiger partial charge in [0.1, 0.15) is 0 Å². The highest BCUT2D eigenvalue weighted by Crippen LogP contribution is 2.38. The molecule has 1 nitrogen and oxygen atoms in total. The monoisotopic (exact) mass is 218 g/mol. The molecule has 0 aliphatic heterocycles. The van der Waals surface area contributed by atoms with E-state index in [4.69, 9.17) is 0 Å². The van der Waals surface area contributed by atoms with Crippen molar-refractivity contribution in [2.75, 3.05) is 6.61 Å². The summed E-state index contributed by atoms with van der Waals surface area (Å²) in [5.41, 5.74) is 2.86. The van der Waals surface area contributed by atoms with Crippen LogP contribution < -0.4 is 0 Å². The molecule has 0 aromatic heterocycles. The number of hydrogen-bond acceptors (Lipinski definition) is 1. The van der Waals surface area contributed by atoms with Gasteiger partial charge in [-0.3, -0.25) is 0 Å². The molecule has 0 amide bonds. The molecule has 0 saturated heterocycles. The average Bonchev–Trinajstić information content (AvgIpc) is 2.33. The quantitative estimate of drug-likeness (QED) is 0.823. The fourth-order valence-corrected chi connectivity index (χ4v) is 2.83. The normalized spacial score (nSPS) is 19.6. The van der Waals surface area contributed by atoms with Crippen LogP contribution in [0.15, 0.2) is 24.3 Å². The van der Waals surface area contributed by atoms with Gasteiger partial charge in [-0.2, -0.15) is 0 Å². The summed E-state index contributed by atoms with van der Waals surface area (Å²) in [5.74, 6) is 0. The zero-order valence-electron chi connectivity index (χ0n) is 10.2. The fraction of sp³-hybridized carbons (Fsp3) is 0.600. The molecule has 0 heterocycles. The van der Waals surface area contributed by atoms with E-state index in [-0.39, 0.29) is 5.41 Å². The number of hydrogen-bond donors (Lipinski definition) is 1. The van der Waals surface area contributed by atoms with E-state index in [2.05, 4.69) is 31.2 Å². The van der Waals surface area contributed by atoms with Gasteiger partial charge in [0.25, 0.3) is 0 Å². The minimum absolute atomic E-state index is 0.174.